The van der Waals surface area contributed by atoms with E-state index < -0.39 is 21.8 Å². The second-order valence-electron chi connectivity index (χ2n) is 5.04. The van der Waals surface area contributed by atoms with Crippen LogP contribution in [0.5, 0.6) is 11.5 Å². The summed E-state index contributed by atoms with van der Waals surface area (Å²) in [5.74, 6) is -0.0531. The summed E-state index contributed by atoms with van der Waals surface area (Å²) in [6.45, 7) is 2.10. The highest BCUT2D eigenvalue weighted by molar-refractivity contribution is 7.89. The Morgan fingerprint density at radius 1 is 1.12 bits per heavy atom. The van der Waals surface area contributed by atoms with E-state index in [1.54, 1.807) is 6.07 Å². The Morgan fingerprint density at radius 2 is 1.83 bits per heavy atom. The van der Waals surface area contributed by atoms with Crippen LogP contribution in [0.3, 0.4) is 0 Å². The Bertz CT molecular complexity index is 719. The molecule has 0 radical (unpaired) electrons. The molecule has 9 nitrogen and oxygen atoms in total. The molecule has 1 heterocycles. The van der Waals surface area contributed by atoms with Crippen molar-refractivity contribution in [2.45, 2.75) is 24.7 Å². The molecule has 1 aliphatic heterocycles. The molecule has 0 unspecified atom stereocenters. The van der Waals surface area contributed by atoms with E-state index >= 15 is 0 Å². The molecule has 0 spiro atoms. The largest absolute Gasteiger partial charge is 0.490 e. The fraction of sp³-hybridized carbons (Fsp3) is 0.429. The van der Waals surface area contributed by atoms with Crippen LogP contribution in [-0.2, 0) is 19.6 Å². The zero-order chi connectivity index (χ0) is 17.6. The van der Waals surface area contributed by atoms with Crippen molar-refractivity contribution in [1.82, 2.24) is 15.6 Å². The average molecular weight is 357 g/mol. The van der Waals surface area contributed by atoms with Crippen LogP contribution in [-0.4, -0.2) is 40.0 Å². The minimum Gasteiger partial charge on any atom is -0.490 e. The van der Waals surface area contributed by atoms with Gasteiger partial charge < -0.3 is 9.47 Å². The van der Waals surface area contributed by atoms with Gasteiger partial charge in [0.25, 0.3) is 0 Å². The smallest absolute Gasteiger partial charge is 0.240 e. The summed E-state index contributed by atoms with van der Waals surface area (Å²) in [5.41, 5.74) is 4.26. The summed E-state index contributed by atoms with van der Waals surface area (Å²) in [7, 11) is -3.79. The van der Waals surface area contributed by atoms with Gasteiger partial charge in [-0.05, 0) is 12.1 Å². The molecular formula is C14H19N3O6S. The van der Waals surface area contributed by atoms with Crippen molar-refractivity contribution in [2.24, 2.45) is 0 Å². The third kappa shape index (κ3) is 5.10. The first-order valence-corrected chi connectivity index (χ1v) is 8.81. The number of carbonyl (C=O) groups is 2. The molecule has 3 N–H and O–H groups in total. The van der Waals surface area contributed by atoms with Gasteiger partial charge in [0.1, 0.15) is 0 Å². The SMILES string of the molecule is CC(=O)NNC(=O)CCNS(=O)(=O)c1ccc2c(c1)OCCCO2. The number of hydrogen-bond donors (Lipinski definition) is 3. The molecule has 0 fully saturated rings. The summed E-state index contributed by atoms with van der Waals surface area (Å²) in [6, 6.07) is 4.34. The lowest BCUT2D eigenvalue weighted by molar-refractivity contribution is -0.127. The summed E-state index contributed by atoms with van der Waals surface area (Å²) in [4.78, 5) is 22.1. The van der Waals surface area contributed by atoms with Gasteiger partial charge in [-0.25, -0.2) is 13.1 Å². The van der Waals surface area contributed by atoms with Crippen LogP contribution in [0.15, 0.2) is 23.1 Å². The molecule has 2 amide bonds. The van der Waals surface area contributed by atoms with E-state index in [2.05, 4.69) is 15.6 Å². The van der Waals surface area contributed by atoms with Crippen LogP contribution in [0, 0.1) is 0 Å². The number of rotatable bonds is 5. The third-order valence-corrected chi connectivity index (χ3v) is 4.51. The van der Waals surface area contributed by atoms with Crippen molar-refractivity contribution >= 4 is 21.8 Å². The van der Waals surface area contributed by atoms with Gasteiger partial charge in [0.05, 0.1) is 18.1 Å². The number of fused-ring (bicyclic) bond motifs is 1. The van der Waals surface area contributed by atoms with Gasteiger partial charge in [0.15, 0.2) is 11.5 Å². The van der Waals surface area contributed by atoms with E-state index in [0.29, 0.717) is 24.7 Å². The lowest BCUT2D eigenvalue weighted by Crippen LogP contribution is -2.41. The van der Waals surface area contributed by atoms with E-state index in [9.17, 15) is 18.0 Å². The molecule has 0 atom stereocenters. The molecule has 2 rings (SSSR count). The Labute approximate surface area is 139 Å². The van der Waals surface area contributed by atoms with E-state index in [1.807, 2.05) is 0 Å². The zero-order valence-corrected chi connectivity index (χ0v) is 13.9. The first-order valence-electron chi connectivity index (χ1n) is 7.33. The van der Waals surface area contributed by atoms with Crippen LogP contribution in [0.25, 0.3) is 0 Å². The van der Waals surface area contributed by atoms with E-state index in [1.165, 1.54) is 19.1 Å². The molecule has 132 valence electrons. The number of amides is 2. The molecule has 0 aromatic heterocycles. The van der Waals surface area contributed by atoms with Gasteiger partial charge in [-0.1, -0.05) is 0 Å². The number of ether oxygens (including phenoxy) is 2. The van der Waals surface area contributed by atoms with Gasteiger partial charge >= 0.3 is 0 Å². The van der Waals surface area contributed by atoms with Crippen molar-refractivity contribution < 1.29 is 27.5 Å². The van der Waals surface area contributed by atoms with Crippen molar-refractivity contribution in [3.63, 3.8) is 0 Å². The topological polar surface area (TPSA) is 123 Å². The fourth-order valence-electron chi connectivity index (χ4n) is 1.91. The lowest BCUT2D eigenvalue weighted by atomic mass is 10.3. The van der Waals surface area contributed by atoms with Crippen LogP contribution in [0.1, 0.15) is 19.8 Å². The van der Waals surface area contributed by atoms with Gasteiger partial charge in [0, 0.05) is 32.4 Å². The first-order chi connectivity index (χ1) is 11.4. The van der Waals surface area contributed by atoms with Crippen molar-refractivity contribution in [2.75, 3.05) is 19.8 Å². The molecule has 1 aromatic rings. The molecule has 0 saturated carbocycles. The summed E-state index contributed by atoms with van der Waals surface area (Å²) < 4.78 is 37.7. The number of hydrazine groups is 1. The highest BCUT2D eigenvalue weighted by atomic mass is 32.2. The van der Waals surface area contributed by atoms with Crippen molar-refractivity contribution in [1.29, 1.82) is 0 Å². The molecule has 0 aliphatic carbocycles. The van der Waals surface area contributed by atoms with Crippen molar-refractivity contribution in [3.05, 3.63) is 18.2 Å². The van der Waals surface area contributed by atoms with E-state index in [4.69, 9.17) is 9.47 Å². The zero-order valence-electron chi connectivity index (χ0n) is 13.1. The summed E-state index contributed by atoms with van der Waals surface area (Å²) in [6.07, 6.45) is 0.600. The Morgan fingerprint density at radius 3 is 2.54 bits per heavy atom. The van der Waals surface area contributed by atoms with Gasteiger partial charge in [-0.3, -0.25) is 20.4 Å². The van der Waals surface area contributed by atoms with Gasteiger partial charge in [0.2, 0.25) is 21.8 Å². The van der Waals surface area contributed by atoms with Crippen LogP contribution >= 0.6 is 0 Å². The maximum atomic E-state index is 12.2. The van der Waals surface area contributed by atoms with Crippen LogP contribution in [0.4, 0.5) is 0 Å². The Balaban J connectivity index is 1.94. The molecule has 0 saturated heterocycles. The highest BCUT2D eigenvalue weighted by Crippen LogP contribution is 2.31. The second kappa shape index (κ2) is 7.97. The lowest BCUT2D eigenvalue weighted by Gasteiger charge is -2.11. The fourth-order valence-corrected chi connectivity index (χ4v) is 2.96. The molecule has 1 aromatic carbocycles. The Hall–Kier alpha value is -2.33. The van der Waals surface area contributed by atoms with Crippen LogP contribution < -0.4 is 25.0 Å². The average Bonchev–Trinajstić information content (AvgIpc) is 2.77. The standard InChI is InChI=1S/C14H19N3O6S/c1-10(18)16-17-14(19)5-6-15-24(20,21)11-3-4-12-13(9-11)23-8-2-7-22-12/h3-4,9,15H,2,5-8H2,1H3,(H,16,18)(H,17,19). The summed E-state index contributed by atoms with van der Waals surface area (Å²) >= 11 is 0. The maximum absolute atomic E-state index is 12.2. The van der Waals surface area contributed by atoms with Gasteiger partial charge in [-0.15, -0.1) is 0 Å². The molecule has 10 heteroatoms. The number of benzene rings is 1. The minimum atomic E-state index is -3.79. The number of sulfonamides is 1. The third-order valence-electron chi connectivity index (χ3n) is 3.05. The normalized spacial score (nSPS) is 13.7. The molecule has 1 aliphatic rings. The maximum Gasteiger partial charge on any atom is 0.240 e. The molecule has 24 heavy (non-hydrogen) atoms. The van der Waals surface area contributed by atoms with E-state index in [0.717, 1.165) is 6.42 Å². The Kier molecular flexibility index (Phi) is 5.99. The highest BCUT2D eigenvalue weighted by Gasteiger charge is 2.18. The quantitative estimate of drug-likeness (QED) is 0.621. The minimum absolute atomic E-state index is 0.0222. The molecule has 0 bridgehead atoms. The number of nitrogens with one attached hydrogen (secondary N) is 3. The first kappa shape index (κ1) is 18.0. The number of carbonyl (C=O) groups excluding carboxylic acids is 2. The van der Waals surface area contributed by atoms with Gasteiger partial charge in [-0.2, -0.15) is 0 Å². The molecular weight excluding hydrogens is 338 g/mol. The number of hydrogen-bond acceptors (Lipinski definition) is 6. The second-order valence-corrected chi connectivity index (χ2v) is 6.80. The predicted octanol–water partition coefficient (Wildman–Crippen LogP) is -0.316. The summed E-state index contributed by atoms with van der Waals surface area (Å²) in [5, 5.41) is 0. The predicted molar refractivity (Wildman–Crippen MR) is 83.8 cm³/mol. The van der Waals surface area contributed by atoms with E-state index in [-0.39, 0.29) is 17.9 Å². The monoisotopic (exact) mass is 357 g/mol. The van der Waals surface area contributed by atoms with Crippen LogP contribution in [0.2, 0.25) is 0 Å². The van der Waals surface area contributed by atoms with Crippen molar-refractivity contribution in [3.8, 4) is 11.5 Å².